The van der Waals surface area contributed by atoms with Gasteiger partial charge in [-0.1, -0.05) is 51.8 Å². The fourth-order valence-corrected chi connectivity index (χ4v) is 3.87. The van der Waals surface area contributed by atoms with Gasteiger partial charge in [0.2, 0.25) is 0 Å². The number of nitrogens with zero attached hydrogens (tertiary/aromatic N) is 5. The molecule has 2 aromatic carbocycles. The van der Waals surface area contributed by atoms with E-state index in [0.29, 0.717) is 17.2 Å². The van der Waals surface area contributed by atoms with Crippen LogP contribution in [0.4, 0.5) is 0 Å². The first-order valence-corrected chi connectivity index (χ1v) is 10.7. The SMILES string of the molecule is O=c1n(Cc2ccc(Br)cc2)nc2c(-c3ccncc3)c(-c3ccc(Cl)cc3)cnn12. The van der Waals surface area contributed by atoms with E-state index < -0.39 is 0 Å². The fraction of sp³-hybridized carbons (Fsp3) is 0.0435. The molecule has 3 heterocycles. The fourth-order valence-electron chi connectivity index (χ4n) is 3.48. The standard InChI is InChI=1S/C23H15BrClN5O/c24-18-5-1-15(2-6-18)14-29-23(31)30-22(28-29)21(17-9-11-26-12-10-17)20(13-27-30)16-3-7-19(25)8-4-16/h1-13H,14H2. The van der Waals surface area contributed by atoms with E-state index >= 15 is 0 Å². The highest BCUT2D eigenvalue weighted by molar-refractivity contribution is 9.10. The topological polar surface area (TPSA) is 65.1 Å². The third-order valence-corrected chi connectivity index (χ3v) is 5.76. The lowest BCUT2D eigenvalue weighted by Crippen LogP contribution is -2.22. The Morgan fingerprint density at radius 1 is 0.903 bits per heavy atom. The molecule has 0 bridgehead atoms. The van der Waals surface area contributed by atoms with E-state index in [9.17, 15) is 4.79 Å². The van der Waals surface area contributed by atoms with E-state index in [-0.39, 0.29) is 5.69 Å². The van der Waals surface area contributed by atoms with Crippen LogP contribution in [0.3, 0.4) is 0 Å². The van der Waals surface area contributed by atoms with Crippen molar-refractivity contribution < 1.29 is 0 Å². The van der Waals surface area contributed by atoms with Crippen LogP contribution in [-0.2, 0) is 6.54 Å². The summed E-state index contributed by atoms with van der Waals surface area (Å²) < 4.78 is 3.75. The summed E-state index contributed by atoms with van der Waals surface area (Å²) >= 11 is 9.51. The molecular weight excluding hydrogens is 478 g/mol. The molecule has 0 aliphatic heterocycles. The number of fused-ring (bicyclic) bond motifs is 1. The third-order valence-electron chi connectivity index (χ3n) is 4.98. The summed E-state index contributed by atoms with van der Waals surface area (Å²) in [5.41, 5.74) is 4.66. The number of aromatic nitrogens is 5. The van der Waals surface area contributed by atoms with Crippen LogP contribution in [0.25, 0.3) is 27.9 Å². The second kappa shape index (κ2) is 8.09. The lowest BCUT2D eigenvalue weighted by Gasteiger charge is -2.10. The van der Waals surface area contributed by atoms with Crippen LogP contribution in [-0.4, -0.2) is 24.4 Å². The van der Waals surface area contributed by atoms with Crippen molar-refractivity contribution >= 4 is 33.2 Å². The van der Waals surface area contributed by atoms with Crippen molar-refractivity contribution in [3.05, 3.63) is 105 Å². The molecule has 0 atom stereocenters. The molecule has 0 aliphatic rings. The van der Waals surface area contributed by atoms with Crippen molar-refractivity contribution in [3.63, 3.8) is 0 Å². The van der Waals surface area contributed by atoms with Gasteiger partial charge in [0, 0.05) is 33.0 Å². The zero-order valence-electron chi connectivity index (χ0n) is 16.1. The van der Waals surface area contributed by atoms with E-state index in [4.69, 9.17) is 11.6 Å². The average Bonchev–Trinajstić information content (AvgIpc) is 3.11. The van der Waals surface area contributed by atoms with Crippen LogP contribution in [0.2, 0.25) is 5.02 Å². The van der Waals surface area contributed by atoms with Crippen molar-refractivity contribution in [2.75, 3.05) is 0 Å². The van der Waals surface area contributed by atoms with Crippen LogP contribution >= 0.6 is 27.5 Å². The Hall–Kier alpha value is -3.29. The van der Waals surface area contributed by atoms with E-state index in [2.05, 4.69) is 31.1 Å². The summed E-state index contributed by atoms with van der Waals surface area (Å²) in [6.07, 6.45) is 5.13. The molecule has 0 saturated heterocycles. The number of rotatable bonds is 4. The summed E-state index contributed by atoms with van der Waals surface area (Å²) in [6, 6.07) is 19.1. The number of hydrogen-bond acceptors (Lipinski definition) is 4. The van der Waals surface area contributed by atoms with Crippen molar-refractivity contribution in [1.82, 2.24) is 24.4 Å². The Kier molecular flexibility index (Phi) is 5.13. The largest absolute Gasteiger partial charge is 0.367 e. The zero-order chi connectivity index (χ0) is 21.4. The maximum Gasteiger partial charge on any atom is 0.367 e. The van der Waals surface area contributed by atoms with Gasteiger partial charge in [-0.3, -0.25) is 4.98 Å². The van der Waals surface area contributed by atoms with Crippen LogP contribution in [0, 0.1) is 0 Å². The summed E-state index contributed by atoms with van der Waals surface area (Å²) in [6.45, 7) is 0.349. The number of benzene rings is 2. The van der Waals surface area contributed by atoms with Crippen LogP contribution in [0.1, 0.15) is 5.56 Å². The highest BCUT2D eigenvalue weighted by Gasteiger charge is 2.18. The predicted octanol–water partition coefficient (Wildman–Crippen LogP) is 5.08. The van der Waals surface area contributed by atoms with Crippen LogP contribution < -0.4 is 5.69 Å². The van der Waals surface area contributed by atoms with Gasteiger partial charge >= 0.3 is 5.69 Å². The van der Waals surface area contributed by atoms with Crippen molar-refractivity contribution in [2.24, 2.45) is 0 Å². The van der Waals surface area contributed by atoms with E-state index in [0.717, 1.165) is 32.3 Å². The highest BCUT2D eigenvalue weighted by Crippen LogP contribution is 2.34. The van der Waals surface area contributed by atoms with Crippen molar-refractivity contribution in [1.29, 1.82) is 0 Å². The van der Waals surface area contributed by atoms with Crippen LogP contribution in [0.5, 0.6) is 0 Å². The number of halogens is 2. The molecule has 5 rings (SSSR count). The van der Waals surface area contributed by atoms with Gasteiger partial charge in [-0.2, -0.15) is 9.61 Å². The Balaban J connectivity index is 1.73. The molecular formula is C23H15BrClN5O. The first-order valence-electron chi connectivity index (χ1n) is 9.50. The molecule has 3 aromatic heterocycles. The summed E-state index contributed by atoms with van der Waals surface area (Å²) in [4.78, 5) is 17.2. The summed E-state index contributed by atoms with van der Waals surface area (Å²) in [7, 11) is 0. The van der Waals surface area contributed by atoms with E-state index in [1.807, 2.05) is 60.7 Å². The minimum atomic E-state index is -0.295. The molecule has 0 amide bonds. The van der Waals surface area contributed by atoms with Crippen molar-refractivity contribution in [2.45, 2.75) is 6.54 Å². The maximum absolute atomic E-state index is 13.0. The molecule has 31 heavy (non-hydrogen) atoms. The number of hydrogen-bond donors (Lipinski definition) is 0. The van der Waals surface area contributed by atoms with Gasteiger partial charge in [0.05, 0.1) is 12.7 Å². The molecule has 8 heteroatoms. The molecule has 0 N–H and O–H groups in total. The minimum Gasteiger partial charge on any atom is -0.265 e. The smallest absolute Gasteiger partial charge is 0.265 e. The Morgan fingerprint density at radius 3 is 2.32 bits per heavy atom. The molecule has 0 spiro atoms. The Morgan fingerprint density at radius 2 is 1.61 bits per heavy atom. The summed E-state index contributed by atoms with van der Waals surface area (Å²) in [5.74, 6) is 0. The molecule has 0 fully saturated rings. The first kappa shape index (κ1) is 19.7. The third kappa shape index (κ3) is 3.78. The summed E-state index contributed by atoms with van der Waals surface area (Å²) in [5, 5.41) is 9.71. The normalized spacial score (nSPS) is 11.2. The van der Waals surface area contributed by atoms with Gasteiger partial charge in [0.1, 0.15) is 0 Å². The average molecular weight is 493 g/mol. The second-order valence-corrected chi connectivity index (χ2v) is 8.33. The molecule has 0 unspecified atom stereocenters. The molecule has 152 valence electrons. The van der Waals surface area contributed by atoms with Crippen molar-refractivity contribution in [3.8, 4) is 22.3 Å². The van der Waals surface area contributed by atoms with Gasteiger partial charge in [0.15, 0.2) is 5.65 Å². The molecule has 0 aliphatic carbocycles. The van der Waals surface area contributed by atoms with Gasteiger partial charge < -0.3 is 0 Å². The second-order valence-electron chi connectivity index (χ2n) is 6.98. The molecule has 0 radical (unpaired) electrons. The molecule has 0 saturated carbocycles. The van der Waals surface area contributed by atoms with E-state index in [1.54, 1.807) is 18.6 Å². The van der Waals surface area contributed by atoms with Gasteiger partial charge in [-0.05, 0) is 53.1 Å². The lowest BCUT2D eigenvalue weighted by molar-refractivity contribution is 0.650. The Labute approximate surface area is 190 Å². The van der Waals surface area contributed by atoms with E-state index in [1.165, 1.54) is 9.20 Å². The van der Waals surface area contributed by atoms with Crippen LogP contribution in [0.15, 0.2) is 88.5 Å². The minimum absolute atomic E-state index is 0.295. The lowest BCUT2D eigenvalue weighted by atomic mass is 9.98. The van der Waals surface area contributed by atoms with Gasteiger partial charge in [-0.15, -0.1) is 5.10 Å². The highest BCUT2D eigenvalue weighted by atomic mass is 79.9. The maximum atomic E-state index is 13.0. The van der Waals surface area contributed by atoms with Gasteiger partial charge in [-0.25, -0.2) is 9.48 Å². The van der Waals surface area contributed by atoms with Gasteiger partial charge in [0.25, 0.3) is 0 Å². The first-order chi connectivity index (χ1) is 15.1. The predicted molar refractivity (Wildman–Crippen MR) is 124 cm³/mol. The number of pyridine rings is 1. The zero-order valence-corrected chi connectivity index (χ0v) is 18.5. The Bertz CT molecular complexity index is 1430. The quantitative estimate of drug-likeness (QED) is 0.351. The molecule has 6 nitrogen and oxygen atoms in total. The monoisotopic (exact) mass is 491 g/mol. The molecule has 5 aromatic rings.